The summed E-state index contributed by atoms with van der Waals surface area (Å²) in [5, 5.41) is 3.14. The molecule has 1 aromatic rings. The fraction of sp³-hybridized carbons (Fsp3) is 0.500. The SMILES string of the molecule is COCCNC(C)C(=O)c1ccc(C)c(C)c1. The first-order valence-corrected chi connectivity index (χ1v) is 5.90. The molecule has 0 bridgehead atoms. The fourth-order valence-electron chi connectivity index (χ4n) is 1.61. The van der Waals surface area contributed by atoms with E-state index in [1.54, 1.807) is 7.11 Å². The summed E-state index contributed by atoms with van der Waals surface area (Å²) in [6, 6.07) is 5.66. The van der Waals surface area contributed by atoms with Crippen molar-refractivity contribution >= 4 is 5.78 Å². The molecule has 1 unspecified atom stereocenters. The highest BCUT2D eigenvalue weighted by Gasteiger charge is 2.14. The summed E-state index contributed by atoms with van der Waals surface area (Å²) in [5.74, 6) is 0.129. The van der Waals surface area contributed by atoms with Crippen molar-refractivity contribution in [1.29, 1.82) is 0 Å². The van der Waals surface area contributed by atoms with Crippen molar-refractivity contribution in [1.82, 2.24) is 5.32 Å². The minimum Gasteiger partial charge on any atom is -0.383 e. The number of methoxy groups -OCH3 is 1. The van der Waals surface area contributed by atoms with Crippen LogP contribution in [-0.2, 0) is 4.74 Å². The van der Waals surface area contributed by atoms with Crippen molar-refractivity contribution in [2.45, 2.75) is 26.8 Å². The first-order valence-electron chi connectivity index (χ1n) is 5.90. The highest BCUT2D eigenvalue weighted by Crippen LogP contribution is 2.11. The van der Waals surface area contributed by atoms with Crippen molar-refractivity contribution < 1.29 is 9.53 Å². The minimum absolute atomic E-state index is 0.129. The summed E-state index contributed by atoms with van der Waals surface area (Å²) in [6.07, 6.45) is 0. The van der Waals surface area contributed by atoms with E-state index >= 15 is 0 Å². The van der Waals surface area contributed by atoms with Gasteiger partial charge in [0.05, 0.1) is 12.6 Å². The third-order valence-corrected chi connectivity index (χ3v) is 2.94. The van der Waals surface area contributed by atoms with E-state index in [0.717, 1.165) is 11.1 Å². The van der Waals surface area contributed by atoms with E-state index < -0.39 is 0 Å². The van der Waals surface area contributed by atoms with E-state index in [1.165, 1.54) is 5.56 Å². The van der Waals surface area contributed by atoms with Crippen LogP contribution < -0.4 is 5.32 Å². The summed E-state index contributed by atoms with van der Waals surface area (Å²) in [4.78, 5) is 12.1. The Hall–Kier alpha value is -1.19. The Bertz CT molecular complexity index is 388. The average Bonchev–Trinajstić information content (AvgIpc) is 2.32. The number of rotatable bonds is 6. The summed E-state index contributed by atoms with van der Waals surface area (Å²) >= 11 is 0. The number of Topliss-reactive ketones (excluding diaryl/α,β-unsaturated/α-hetero) is 1. The number of ether oxygens (including phenoxy) is 1. The molecule has 3 heteroatoms. The maximum absolute atomic E-state index is 12.1. The van der Waals surface area contributed by atoms with Crippen LogP contribution in [0, 0.1) is 13.8 Å². The van der Waals surface area contributed by atoms with Gasteiger partial charge < -0.3 is 10.1 Å². The smallest absolute Gasteiger partial charge is 0.179 e. The van der Waals surface area contributed by atoms with Gasteiger partial charge in [-0.25, -0.2) is 0 Å². The number of aryl methyl sites for hydroxylation is 2. The first-order chi connectivity index (χ1) is 8.06. The molecule has 0 saturated carbocycles. The molecule has 1 atom stereocenters. The molecular weight excluding hydrogens is 214 g/mol. The van der Waals surface area contributed by atoms with Crippen LogP contribution in [0.25, 0.3) is 0 Å². The minimum atomic E-state index is -0.174. The second-order valence-corrected chi connectivity index (χ2v) is 4.33. The molecule has 1 rings (SSSR count). The molecule has 0 fully saturated rings. The number of carbonyl (C=O) groups is 1. The van der Waals surface area contributed by atoms with Crippen molar-refractivity contribution in [2.24, 2.45) is 0 Å². The third kappa shape index (κ3) is 3.95. The number of benzene rings is 1. The molecule has 0 spiro atoms. The lowest BCUT2D eigenvalue weighted by Crippen LogP contribution is -2.36. The lowest BCUT2D eigenvalue weighted by Gasteiger charge is -2.13. The lowest BCUT2D eigenvalue weighted by molar-refractivity contribution is 0.0945. The van der Waals surface area contributed by atoms with Crippen LogP contribution in [0.2, 0.25) is 0 Å². The van der Waals surface area contributed by atoms with E-state index in [9.17, 15) is 4.79 Å². The molecule has 0 amide bonds. The van der Waals surface area contributed by atoms with E-state index in [0.29, 0.717) is 13.2 Å². The monoisotopic (exact) mass is 235 g/mol. The molecule has 0 aliphatic rings. The average molecular weight is 235 g/mol. The van der Waals surface area contributed by atoms with Gasteiger partial charge in [0.15, 0.2) is 5.78 Å². The van der Waals surface area contributed by atoms with Gasteiger partial charge >= 0.3 is 0 Å². The van der Waals surface area contributed by atoms with Gasteiger partial charge in [-0.3, -0.25) is 4.79 Å². The topological polar surface area (TPSA) is 38.3 Å². The predicted molar refractivity (Wildman–Crippen MR) is 69.6 cm³/mol. The van der Waals surface area contributed by atoms with Crippen LogP contribution in [0.4, 0.5) is 0 Å². The van der Waals surface area contributed by atoms with Crippen LogP contribution in [-0.4, -0.2) is 32.1 Å². The summed E-state index contributed by atoms with van der Waals surface area (Å²) in [5.41, 5.74) is 3.13. The van der Waals surface area contributed by atoms with Crippen LogP contribution in [0.15, 0.2) is 18.2 Å². The zero-order valence-electron chi connectivity index (χ0n) is 11.0. The van der Waals surface area contributed by atoms with Gasteiger partial charge in [0, 0.05) is 19.2 Å². The largest absolute Gasteiger partial charge is 0.383 e. The van der Waals surface area contributed by atoms with Gasteiger partial charge in [0.25, 0.3) is 0 Å². The Morgan fingerprint density at radius 1 is 1.35 bits per heavy atom. The molecular formula is C14H21NO2. The van der Waals surface area contributed by atoms with Gasteiger partial charge in [0.2, 0.25) is 0 Å². The van der Waals surface area contributed by atoms with E-state index in [4.69, 9.17) is 4.74 Å². The van der Waals surface area contributed by atoms with E-state index in [1.807, 2.05) is 39.0 Å². The molecule has 0 heterocycles. The zero-order valence-corrected chi connectivity index (χ0v) is 11.0. The van der Waals surface area contributed by atoms with Gasteiger partial charge in [-0.15, -0.1) is 0 Å². The van der Waals surface area contributed by atoms with Gasteiger partial charge in [0.1, 0.15) is 0 Å². The molecule has 0 aliphatic carbocycles. The standard InChI is InChI=1S/C14H21NO2/c1-10-5-6-13(9-11(10)2)14(16)12(3)15-7-8-17-4/h5-6,9,12,15H,7-8H2,1-4H3. The Balaban J connectivity index is 2.65. The third-order valence-electron chi connectivity index (χ3n) is 2.94. The lowest BCUT2D eigenvalue weighted by atomic mass is 10.0. The Morgan fingerprint density at radius 3 is 2.65 bits per heavy atom. The van der Waals surface area contributed by atoms with Crippen molar-refractivity contribution in [2.75, 3.05) is 20.3 Å². The number of hydrogen-bond donors (Lipinski definition) is 1. The Labute approximate surface area is 103 Å². The maximum atomic E-state index is 12.1. The Kier molecular flexibility index (Phi) is 5.32. The summed E-state index contributed by atoms with van der Waals surface area (Å²) in [7, 11) is 1.65. The van der Waals surface area contributed by atoms with Gasteiger partial charge in [-0.05, 0) is 38.0 Å². The highest BCUT2D eigenvalue weighted by atomic mass is 16.5. The zero-order chi connectivity index (χ0) is 12.8. The molecule has 0 saturated heterocycles. The van der Waals surface area contributed by atoms with Crippen LogP contribution >= 0.6 is 0 Å². The van der Waals surface area contributed by atoms with Gasteiger partial charge in [-0.2, -0.15) is 0 Å². The quantitative estimate of drug-likeness (QED) is 0.606. The molecule has 0 aromatic heterocycles. The molecule has 0 radical (unpaired) electrons. The molecule has 94 valence electrons. The van der Waals surface area contributed by atoms with Crippen molar-refractivity contribution in [3.8, 4) is 0 Å². The number of nitrogens with one attached hydrogen (secondary N) is 1. The predicted octanol–water partition coefficient (Wildman–Crippen LogP) is 2.11. The maximum Gasteiger partial charge on any atom is 0.179 e. The van der Waals surface area contributed by atoms with Gasteiger partial charge in [-0.1, -0.05) is 12.1 Å². The molecule has 3 nitrogen and oxygen atoms in total. The van der Waals surface area contributed by atoms with E-state index in [2.05, 4.69) is 5.32 Å². The normalized spacial score (nSPS) is 12.5. The van der Waals surface area contributed by atoms with Crippen molar-refractivity contribution in [3.63, 3.8) is 0 Å². The second-order valence-electron chi connectivity index (χ2n) is 4.33. The highest BCUT2D eigenvalue weighted by molar-refractivity contribution is 6.00. The van der Waals surface area contributed by atoms with Crippen molar-refractivity contribution in [3.05, 3.63) is 34.9 Å². The number of ketones is 1. The first kappa shape index (κ1) is 13.9. The summed E-state index contributed by atoms with van der Waals surface area (Å²) in [6.45, 7) is 7.25. The molecule has 0 aliphatic heterocycles. The van der Waals surface area contributed by atoms with Crippen LogP contribution in [0.5, 0.6) is 0 Å². The molecule has 17 heavy (non-hydrogen) atoms. The second kappa shape index (κ2) is 6.52. The molecule has 1 aromatic carbocycles. The van der Waals surface area contributed by atoms with E-state index in [-0.39, 0.29) is 11.8 Å². The van der Waals surface area contributed by atoms with Crippen LogP contribution in [0.3, 0.4) is 0 Å². The fourth-order valence-corrected chi connectivity index (χ4v) is 1.61. The Morgan fingerprint density at radius 2 is 2.06 bits per heavy atom. The van der Waals surface area contributed by atoms with Crippen LogP contribution in [0.1, 0.15) is 28.4 Å². The number of hydrogen-bond acceptors (Lipinski definition) is 3. The molecule has 1 N–H and O–H groups in total. The number of carbonyl (C=O) groups excluding carboxylic acids is 1. The summed E-state index contributed by atoms with van der Waals surface area (Å²) < 4.78 is 4.94.